The van der Waals surface area contributed by atoms with Crippen LogP contribution in [0.3, 0.4) is 0 Å². The Hall–Kier alpha value is -0.770. The van der Waals surface area contributed by atoms with Crippen molar-refractivity contribution in [3.63, 3.8) is 0 Å². The maximum atomic E-state index is 8.69. The summed E-state index contributed by atoms with van der Waals surface area (Å²) in [6.07, 6.45) is 2.80. The van der Waals surface area contributed by atoms with E-state index < -0.39 is 0 Å². The molecule has 0 unspecified atom stereocenters. The lowest BCUT2D eigenvalue weighted by molar-refractivity contribution is 0.265. The molecule has 1 aromatic rings. The summed E-state index contributed by atoms with van der Waals surface area (Å²) in [7, 11) is 0. The molecule has 2 N–H and O–H groups in total. The van der Waals surface area contributed by atoms with E-state index >= 15 is 0 Å². The van der Waals surface area contributed by atoms with Crippen LogP contribution in [0.1, 0.15) is 31.7 Å². The maximum Gasteiger partial charge on any atom is 0.123 e. The van der Waals surface area contributed by atoms with Gasteiger partial charge >= 0.3 is 0 Å². The molecule has 0 fully saturated rings. The third-order valence-corrected chi connectivity index (χ3v) is 2.88. The van der Waals surface area contributed by atoms with Gasteiger partial charge in [0.15, 0.2) is 0 Å². The number of halogens is 1. The van der Waals surface area contributed by atoms with Crippen molar-refractivity contribution in [1.29, 1.82) is 0 Å². The van der Waals surface area contributed by atoms with E-state index in [0.29, 0.717) is 6.61 Å². The first kappa shape index (κ1) is 15.3. The van der Waals surface area contributed by atoms with Crippen molar-refractivity contribution >= 4 is 11.6 Å². The van der Waals surface area contributed by atoms with Gasteiger partial charge in [-0.15, -0.1) is 0 Å². The summed E-state index contributed by atoms with van der Waals surface area (Å²) in [5.74, 6) is 0.893. The Morgan fingerprint density at radius 1 is 1.28 bits per heavy atom. The summed E-state index contributed by atoms with van der Waals surface area (Å²) in [6.45, 7) is 4.69. The highest BCUT2D eigenvalue weighted by Crippen LogP contribution is 2.23. The molecule has 4 heteroatoms. The second kappa shape index (κ2) is 9.20. The molecule has 0 spiro atoms. The minimum Gasteiger partial charge on any atom is -0.493 e. The minimum atomic E-state index is 0.257. The highest BCUT2D eigenvalue weighted by Gasteiger charge is 2.04. The van der Waals surface area contributed by atoms with Crippen LogP contribution in [0.4, 0.5) is 0 Å². The van der Waals surface area contributed by atoms with Crippen LogP contribution in [0.15, 0.2) is 18.2 Å². The summed E-state index contributed by atoms with van der Waals surface area (Å²) < 4.78 is 5.76. The van der Waals surface area contributed by atoms with Crippen LogP contribution in [-0.4, -0.2) is 24.9 Å². The fraction of sp³-hybridized carbons (Fsp3) is 0.571. The Morgan fingerprint density at radius 2 is 2.11 bits per heavy atom. The summed E-state index contributed by atoms with van der Waals surface area (Å²) in [5, 5.41) is 12.7. The fourth-order valence-electron chi connectivity index (χ4n) is 1.66. The van der Waals surface area contributed by atoms with Crippen molar-refractivity contribution in [3.05, 3.63) is 28.8 Å². The molecule has 0 atom stereocenters. The van der Waals surface area contributed by atoms with Gasteiger partial charge in [-0.05, 0) is 44.0 Å². The lowest BCUT2D eigenvalue weighted by Crippen LogP contribution is -2.13. The van der Waals surface area contributed by atoms with Gasteiger partial charge in [0.2, 0.25) is 0 Å². The van der Waals surface area contributed by atoms with Gasteiger partial charge in [0.25, 0.3) is 0 Å². The number of nitrogens with one attached hydrogen (secondary N) is 1. The number of aliphatic hydroxyl groups is 1. The van der Waals surface area contributed by atoms with Crippen molar-refractivity contribution in [3.8, 4) is 5.75 Å². The monoisotopic (exact) mass is 271 g/mol. The standard InChI is InChI=1S/C14H22ClNO2/c1-2-16-11-12-10-13(15)6-7-14(12)18-9-5-3-4-8-17/h6-7,10,16-17H,2-5,8-9,11H2,1H3. The van der Waals surface area contributed by atoms with E-state index in [1.807, 2.05) is 18.2 Å². The van der Waals surface area contributed by atoms with Crippen molar-refractivity contribution in [2.75, 3.05) is 19.8 Å². The van der Waals surface area contributed by atoms with E-state index in [2.05, 4.69) is 12.2 Å². The smallest absolute Gasteiger partial charge is 0.123 e. The van der Waals surface area contributed by atoms with Gasteiger partial charge in [0, 0.05) is 23.7 Å². The summed E-state index contributed by atoms with van der Waals surface area (Å²) in [5.41, 5.74) is 1.09. The molecular weight excluding hydrogens is 250 g/mol. The Balaban J connectivity index is 2.47. The number of rotatable bonds is 9. The second-order valence-electron chi connectivity index (χ2n) is 4.17. The lowest BCUT2D eigenvalue weighted by Gasteiger charge is -2.12. The zero-order chi connectivity index (χ0) is 13.2. The molecule has 0 aliphatic carbocycles. The van der Waals surface area contributed by atoms with Crippen LogP contribution in [0, 0.1) is 0 Å². The van der Waals surface area contributed by atoms with E-state index in [1.165, 1.54) is 0 Å². The number of unbranched alkanes of at least 4 members (excludes halogenated alkanes) is 2. The molecule has 0 bridgehead atoms. The van der Waals surface area contributed by atoms with E-state index in [9.17, 15) is 0 Å². The predicted octanol–water partition coefficient (Wildman–Crippen LogP) is 2.99. The van der Waals surface area contributed by atoms with Crippen LogP contribution in [0.2, 0.25) is 5.02 Å². The molecular formula is C14H22ClNO2. The quantitative estimate of drug-likeness (QED) is 0.679. The van der Waals surface area contributed by atoms with Crippen molar-refractivity contribution < 1.29 is 9.84 Å². The van der Waals surface area contributed by atoms with Crippen molar-refractivity contribution in [1.82, 2.24) is 5.32 Å². The van der Waals surface area contributed by atoms with Gasteiger partial charge in [-0.1, -0.05) is 18.5 Å². The molecule has 0 heterocycles. The highest BCUT2D eigenvalue weighted by atomic mass is 35.5. The minimum absolute atomic E-state index is 0.257. The van der Waals surface area contributed by atoms with Gasteiger partial charge in [0.1, 0.15) is 5.75 Å². The number of hydrogen-bond donors (Lipinski definition) is 2. The first-order valence-electron chi connectivity index (χ1n) is 6.50. The van der Waals surface area contributed by atoms with Crippen molar-refractivity contribution in [2.24, 2.45) is 0 Å². The third-order valence-electron chi connectivity index (χ3n) is 2.65. The number of benzene rings is 1. The molecule has 1 aromatic carbocycles. The fourth-order valence-corrected chi connectivity index (χ4v) is 1.85. The van der Waals surface area contributed by atoms with Gasteiger partial charge in [0.05, 0.1) is 6.61 Å². The van der Waals surface area contributed by atoms with Gasteiger partial charge < -0.3 is 15.2 Å². The summed E-state index contributed by atoms with van der Waals surface area (Å²) in [6, 6.07) is 5.70. The zero-order valence-corrected chi connectivity index (χ0v) is 11.7. The normalized spacial score (nSPS) is 10.6. The number of ether oxygens (including phenoxy) is 1. The van der Waals surface area contributed by atoms with E-state index in [1.54, 1.807) is 0 Å². The molecule has 0 saturated carbocycles. The molecule has 0 radical (unpaired) electrons. The van der Waals surface area contributed by atoms with Gasteiger partial charge in [-0.2, -0.15) is 0 Å². The Morgan fingerprint density at radius 3 is 2.83 bits per heavy atom. The highest BCUT2D eigenvalue weighted by molar-refractivity contribution is 6.30. The molecule has 18 heavy (non-hydrogen) atoms. The third kappa shape index (κ3) is 5.71. The van der Waals surface area contributed by atoms with Crippen LogP contribution in [-0.2, 0) is 6.54 Å². The molecule has 0 aliphatic heterocycles. The SMILES string of the molecule is CCNCc1cc(Cl)ccc1OCCCCCO. The Bertz CT molecular complexity index is 345. The Kier molecular flexibility index (Phi) is 7.81. The molecule has 1 rings (SSSR count). The van der Waals surface area contributed by atoms with Crippen LogP contribution in [0.5, 0.6) is 5.75 Å². The first-order valence-corrected chi connectivity index (χ1v) is 6.88. The molecule has 3 nitrogen and oxygen atoms in total. The van der Waals surface area contributed by atoms with E-state index in [0.717, 1.165) is 48.7 Å². The van der Waals surface area contributed by atoms with E-state index in [-0.39, 0.29) is 6.61 Å². The molecule has 0 aliphatic rings. The first-order chi connectivity index (χ1) is 8.77. The average molecular weight is 272 g/mol. The molecule has 0 saturated heterocycles. The summed E-state index contributed by atoms with van der Waals surface area (Å²) in [4.78, 5) is 0. The second-order valence-corrected chi connectivity index (χ2v) is 4.60. The predicted molar refractivity (Wildman–Crippen MR) is 75.3 cm³/mol. The Labute approximate surface area is 114 Å². The average Bonchev–Trinajstić information content (AvgIpc) is 2.38. The number of hydrogen-bond acceptors (Lipinski definition) is 3. The number of aliphatic hydroxyl groups excluding tert-OH is 1. The molecule has 102 valence electrons. The topological polar surface area (TPSA) is 41.5 Å². The van der Waals surface area contributed by atoms with Crippen LogP contribution >= 0.6 is 11.6 Å². The van der Waals surface area contributed by atoms with Crippen molar-refractivity contribution in [2.45, 2.75) is 32.7 Å². The van der Waals surface area contributed by atoms with E-state index in [4.69, 9.17) is 21.4 Å². The zero-order valence-electron chi connectivity index (χ0n) is 10.9. The van der Waals surface area contributed by atoms with Gasteiger partial charge in [-0.3, -0.25) is 0 Å². The van der Waals surface area contributed by atoms with Crippen LogP contribution in [0.25, 0.3) is 0 Å². The van der Waals surface area contributed by atoms with Gasteiger partial charge in [-0.25, -0.2) is 0 Å². The molecule has 0 aromatic heterocycles. The summed E-state index contributed by atoms with van der Waals surface area (Å²) >= 11 is 5.99. The van der Waals surface area contributed by atoms with Crippen LogP contribution < -0.4 is 10.1 Å². The lowest BCUT2D eigenvalue weighted by atomic mass is 10.2. The maximum absolute atomic E-state index is 8.69. The largest absolute Gasteiger partial charge is 0.493 e. The molecule has 0 amide bonds.